The highest BCUT2D eigenvalue weighted by molar-refractivity contribution is 7.99. The summed E-state index contributed by atoms with van der Waals surface area (Å²) in [5.74, 6) is 0.984. The smallest absolute Gasteiger partial charge is 0.258 e. The summed E-state index contributed by atoms with van der Waals surface area (Å²) in [6.07, 6.45) is 3.13. The van der Waals surface area contributed by atoms with Crippen molar-refractivity contribution < 1.29 is 5.11 Å². The van der Waals surface area contributed by atoms with Gasteiger partial charge in [0, 0.05) is 5.75 Å². The summed E-state index contributed by atoms with van der Waals surface area (Å²) in [7, 11) is 0. The van der Waals surface area contributed by atoms with Crippen molar-refractivity contribution in [2.45, 2.75) is 31.8 Å². The van der Waals surface area contributed by atoms with Crippen molar-refractivity contribution in [2.75, 3.05) is 5.75 Å². The van der Waals surface area contributed by atoms with Crippen LogP contribution in [0.3, 0.4) is 0 Å². The van der Waals surface area contributed by atoms with E-state index in [1.54, 1.807) is 6.08 Å². The second-order valence-electron chi connectivity index (χ2n) is 4.21. The topological polar surface area (TPSA) is 66.0 Å². The van der Waals surface area contributed by atoms with Crippen molar-refractivity contribution in [2.24, 2.45) is 5.92 Å². The molecule has 0 bridgehead atoms. The second kappa shape index (κ2) is 6.49. The number of thioether (sulfide) groups is 1. The first kappa shape index (κ1) is 13.8. The van der Waals surface area contributed by atoms with Gasteiger partial charge < -0.3 is 10.1 Å². The minimum atomic E-state index is -0.246. The molecule has 17 heavy (non-hydrogen) atoms. The number of nitrogens with zero attached hydrogens (tertiary/aromatic N) is 1. The lowest BCUT2D eigenvalue weighted by Gasteiger charge is -2.06. The van der Waals surface area contributed by atoms with Crippen LogP contribution in [0.5, 0.6) is 5.88 Å². The van der Waals surface area contributed by atoms with Gasteiger partial charge in [0.1, 0.15) is 0 Å². The Hall–Kier alpha value is -1.23. The summed E-state index contributed by atoms with van der Waals surface area (Å²) in [5.41, 5.74) is 0.131. The molecule has 0 unspecified atom stereocenters. The van der Waals surface area contributed by atoms with Crippen molar-refractivity contribution in [3.8, 4) is 5.88 Å². The average Bonchev–Trinajstić information content (AvgIpc) is 2.24. The lowest BCUT2D eigenvalue weighted by molar-refractivity contribution is 0.431. The van der Waals surface area contributed by atoms with Crippen LogP contribution in [0.4, 0.5) is 0 Å². The summed E-state index contributed by atoms with van der Waals surface area (Å²) in [6.45, 7) is 7.74. The van der Waals surface area contributed by atoms with E-state index in [1.807, 2.05) is 0 Å². The molecule has 1 aromatic rings. The Morgan fingerprint density at radius 2 is 2.29 bits per heavy atom. The molecule has 0 atom stereocenters. The molecule has 0 aliphatic rings. The lowest BCUT2D eigenvalue weighted by Crippen LogP contribution is -2.15. The van der Waals surface area contributed by atoms with Crippen LogP contribution in [0.15, 0.2) is 22.6 Å². The third kappa shape index (κ3) is 4.26. The first-order valence-electron chi connectivity index (χ1n) is 5.60. The summed E-state index contributed by atoms with van der Waals surface area (Å²) in [5, 5.41) is 10.1. The van der Waals surface area contributed by atoms with E-state index >= 15 is 0 Å². The highest BCUT2D eigenvalue weighted by atomic mass is 32.2. The highest BCUT2D eigenvalue weighted by Crippen LogP contribution is 2.18. The van der Waals surface area contributed by atoms with Crippen LogP contribution >= 0.6 is 11.8 Å². The molecule has 0 saturated heterocycles. The van der Waals surface area contributed by atoms with E-state index < -0.39 is 0 Å². The molecule has 94 valence electrons. The Kier molecular flexibility index (Phi) is 5.28. The Labute approximate surface area is 105 Å². The molecule has 1 aromatic heterocycles. The number of aromatic amines is 1. The number of H-pyrrole nitrogens is 1. The molecule has 0 aromatic carbocycles. The van der Waals surface area contributed by atoms with E-state index in [0.717, 1.165) is 6.42 Å². The van der Waals surface area contributed by atoms with Gasteiger partial charge in [-0.2, -0.15) is 4.98 Å². The lowest BCUT2D eigenvalue weighted by atomic mass is 10.0. The first-order valence-corrected chi connectivity index (χ1v) is 6.59. The maximum absolute atomic E-state index is 11.7. The summed E-state index contributed by atoms with van der Waals surface area (Å²) in [4.78, 5) is 18.4. The van der Waals surface area contributed by atoms with Crippen LogP contribution in [-0.4, -0.2) is 20.8 Å². The van der Waals surface area contributed by atoms with Crippen molar-refractivity contribution in [1.29, 1.82) is 0 Å². The Morgan fingerprint density at radius 1 is 1.59 bits per heavy atom. The van der Waals surface area contributed by atoms with Gasteiger partial charge in [-0.1, -0.05) is 31.7 Å². The third-order valence-corrected chi connectivity index (χ3v) is 3.15. The standard InChI is InChI=1S/C12H18N2O2S/c1-4-7-17-12-13-10(15)9(11(16)14-12)6-5-8(2)3/h4,8H,1,5-7H2,2-3H3,(H2,13,14,15,16). The maximum Gasteiger partial charge on any atom is 0.258 e. The number of aromatic nitrogens is 2. The van der Waals surface area contributed by atoms with Crippen molar-refractivity contribution >= 4 is 11.8 Å². The number of rotatable bonds is 6. The van der Waals surface area contributed by atoms with E-state index in [4.69, 9.17) is 0 Å². The van der Waals surface area contributed by atoms with Gasteiger partial charge in [0.2, 0.25) is 5.88 Å². The quantitative estimate of drug-likeness (QED) is 0.464. The zero-order valence-electron chi connectivity index (χ0n) is 10.2. The molecule has 0 saturated carbocycles. The van der Waals surface area contributed by atoms with Crippen LogP contribution in [0.25, 0.3) is 0 Å². The van der Waals surface area contributed by atoms with Gasteiger partial charge in [0.25, 0.3) is 5.56 Å². The monoisotopic (exact) mass is 254 g/mol. The van der Waals surface area contributed by atoms with Crippen LogP contribution in [0.2, 0.25) is 0 Å². The van der Waals surface area contributed by atoms with Gasteiger partial charge >= 0.3 is 0 Å². The molecule has 0 fully saturated rings. The number of hydrogen-bond donors (Lipinski definition) is 2. The molecule has 0 amide bonds. The van der Waals surface area contributed by atoms with Gasteiger partial charge in [0.15, 0.2) is 5.16 Å². The van der Waals surface area contributed by atoms with Crippen LogP contribution < -0.4 is 5.56 Å². The molecule has 0 aliphatic carbocycles. The molecular weight excluding hydrogens is 236 g/mol. The number of aromatic hydroxyl groups is 1. The Bertz CT molecular complexity index is 441. The minimum Gasteiger partial charge on any atom is -0.493 e. The summed E-state index contributed by atoms with van der Waals surface area (Å²) < 4.78 is 0. The van der Waals surface area contributed by atoms with E-state index in [0.29, 0.717) is 28.8 Å². The van der Waals surface area contributed by atoms with Crippen LogP contribution in [0.1, 0.15) is 25.8 Å². The molecule has 0 spiro atoms. The van der Waals surface area contributed by atoms with E-state index in [1.165, 1.54) is 11.8 Å². The van der Waals surface area contributed by atoms with Crippen molar-refractivity contribution in [3.63, 3.8) is 0 Å². The molecule has 2 N–H and O–H groups in total. The van der Waals surface area contributed by atoms with E-state index in [-0.39, 0.29) is 11.4 Å². The fourth-order valence-corrected chi connectivity index (χ4v) is 1.92. The average molecular weight is 254 g/mol. The molecular formula is C12H18N2O2S. The van der Waals surface area contributed by atoms with Gasteiger partial charge in [-0.05, 0) is 18.8 Å². The van der Waals surface area contributed by atoms with E-state index in [2.05, 4.69) is 30.4 Å². The number of hydrogen-bond acceptors (Lipinski definition) is 4. The van der Waals surface area contributed by atoms with Crippen molar-refractivity contribution in [3.05, 3.63) is 28.6 Å². The minimum absolute atomic E-state index is 0.152. The Balaban J connectivity index is 2.86. The van der Waals surface area contributed by atoms with Gasteiger partial charge in [-0.15, -0.1) is 6.58 Å². The predicted molar refractivity (Wildman–Crippen MR) is 70.6 cm³/mol. The normalized spacial score (nSPS) is 10.8. The molecule has 5 heteroatoms. The van der Waals surface area contributed by atoms with E-state index in [9.17, 15) is 9.90 Å². The zero-order valence-corrected chi connectivity index (χ0v) is 11.0. The molecule has 4 nitrogen and oxygen atoms in total. The maximum atomic E-state index is 11.7. The molecule has 1 rings (SSSR count). The van der Waals surface area contributed by atoms with Gasteiger partial charge in [0.05, 0.1) is 5.56 Å². The van der Waals surface area contributed by atoms with Crippen molar-refractivity contribution in [1.82, 2.24) is 9.97 Å². The fourth-order valence-electron chi connectivity index (χ4n) is 1.33. The Morgan fingerprint density at radius 3 is 2.82 bits per heavy atom. The predicted octanol–water partition coefficient (Wildman–Crippen LogP) is 2.34. The summed E-state index contributed by atoms with van der Waals surface area (Å²) >= 11 is 1.34. The largest absolute Gasteiger partial charge is 0.493 e. The third-order valence-electron chi connectivity index (χ3n) is 2.28. The van der Waals surface area contributed by atoms with Gasteiger partial charge in [-0.3, -0.25) is 4.79 Å². The fraction of sp³-hybridized carbons (Fsp3) is 0.500. The SMILES string of the molecule is C=CCSc1nc(O)c(CCC(C)C)c(=O)[nH]1. The highest BCUT2D eigenvalue weighted by Gasteiger charge is 2.11. The zero-order chi connectivity index (χ0) is 12.8. The number of nitrogens with one attached hydrogen (secondary N) is 1. The second-order valence-corrected chi connectivity index (χ2v) is 5.21. The first-order chi connectivity index (χ1) is 8.04. The molecule has 0 aliphatic heterocycles. The van der Waals surface area contributed by atoms with Crippen LogP contribution in [-0.2, 0) is 6.42 Å². The molecule has 0 radical (unpaired) electrons. The van der Waals surface area contributed by atoms with Crippen LogP contribution in [0, 0.1) is 5.92 Å². The molecule has 1 heterocycles. The van der Waals surface area contributed by atoms with Gasteiger partial charge in [-0.25, -0.2) is 0 Å². The summed E-state index contributed by atoms with van der Waals surface area (Å²) in [6, 6.07) is 0.